The second kappa shape index (κ2) is 9.76. The number of rotatable bonds is 6. The Morgan fingerprint density at radius 1 is 0.833 bits per heavy atom. The third-order valence-electron chi connectivity index (χ3n) is 4.90. The van der Waals surface area contributed by atoms with E-state index in [0.717, 1.165) is 49.1 Å². The van der Waals surface area contributed by atoms with Gasteiger partial charge in [0.25, 0.3) is 0 Å². The van der Waals surface area contributed by atoms with Gasteiger partial charge in [-0.3, -0.25) is 9.69 Å². The number of azo groups is 1. The van der Waals surface area contributed by atoms with Crippen LogP contribution in [0.15, 0.2) is 89.2 Å². The average Bonchev–Trinajstić information content (AvgIpc) is 2.80. The molecule has 152 valence electrons. The van der Waals surface area contributed by atoms with Gasteiger partial charge in [-0.2, -0.15) is 10.2 Å². The number of benzene rings is 2. The van der Waals surface area contributed by atoms with E-state index in [1.807, 2.05) is 79.0 Å². The first-order chi connectivity index (χ1) is 14.8. The zero-order valence-corrected chi connectivity index (χ0v) is 16.7. The van der Waals surface area contributed by atoms with E-state index < -0.39 is 0 Å². The molecule has 1 fully saturated rings. The SMILES string of the molecule is O=C(CN1CCN(c2ccccn2)CC1)Nc1ccc(N=Nc2ccccc2)cc1. The molecule has 1 aliphatic heterocycles. The minimum atomic E-state index is -0.0139. The van der Waals surface area contributed by atoms with Crippen LogP contribution in [0.5, 0.6) is 0 Å². The predicted octanol–water partition coefficient (Wildman–Crippen LogP) is 4.26. The van der Waals surface area contributed by atoms with Crippen molar-refractivity contribution >= 4 is 28.8 Å². The van der Waals surface area contributed by atoms with E-state index in [0.29, 0.717) is 6.54 Å². The summed E-state index contributed by atoms with van der Waals surface area (Å²) in [5.74, 6) is 0.978. The lowest BCUT2D eigenvalue weighted by atomic mass is 10.2. The van der Waals surface area contributed by atoms with Crippen molar-refractivity contribution < 1.29 is 4.79 Å². The van der Waals surface area contributed by atoms with Gasteiger partial charge in [0.2, 0.25) is 5.91 Å². The molecule has 0 atom stereocenters. The maximum Gasteiger partial charge on any atom is 0.238 e. The molecule has 0 bridgehead atoms. The van der Waals surface area contributed by atoms with Gasteiger partial charge in [-0.1, -0.05) is 24.3 Å². The number of anilines is 2. The molecule has 1 amide bonds. The van der Waals surface area contributed by atoms with Crippen LogP contribution in [-0.2, 0) is 4.79 Å². The number of carbonyl (C=O) groups is 1. The van der Waals surface area contributed by atoms with Crippen LogP contribution in [0.4, 0.5) is 22.9 Å². The minimum Gasteiger partial charge on any atom is -0.354 e. The van der Waals surface area contributed by atoms with Crippen molar-refractivity contribution in [3.63, 3.8) is 0 Å². The molecule has 1 saturated heterocycles. The van der Waals surface area contributed by atoms with Crippen molar-refractivity contribution in [2.45, 2.75) is 0 Å². The minimum absolute atomic E-state index is 0.0139. The van der Waals surface area contributed by atoms with Crippen LogP contribution in [0.25, 0.3) is 0 Å². The van der Waals surface area contributed by atoms with E-state index in [9.17, 15) is 4.79 Å². The molecule has 0 saturated carbocycles. The average molecular weight is 400 g/mol. The first-order valence-corrected chi connectivity index (χ1v) is 10.0. The number of hydrogen-bond acceptors (Lipinski definition) is 6. The van der Waals surface area contributed by atoms with E-state index in [1.54, 1.807) is 0 Å². The number of nitrogens with one attached hydrogen (secondary N) is 1. The fourth-order valence-corrected chi connectivity index (χ4v) is 3.30. The molecule has 0 radical (unpaired) electrons. The normalized spacial score (nSPS) is 14.7. The number of piperazine rings is 1. The van der Waals surface area contributed by atoms with Crippen molar-refractivity contribution in [3.8, 4) is 0 Å². The lowest BCUT2D eigenvalue weighted by Gasteiger charge is -2.34. The maximum atomic E-state index is 12.4. The smallest absolute Gasteiger partial charge is 0.238 e. The highest BCUT2D eigenvalue weighted by Gasteiger charge is 2.19. The molecule has 3 aromatic rings. The molecule has 0 unspecified atom stereocenters. The van der Waals surface area contributed by atoms with E-state index >= 15 is 0 Å². The van der Waals surface area contributed by atoms with Crippen molar-refractivity contribution in [3.05, 3.63) is 79.0 Å². The highest BCUT2D eigenvalue weighted by Crippen LogP contribution is 2.20. The molecule has 7 nitrogen and oxygen atoms in total. The van der Waals surface area contributed by atoms with Crippen molar-refractivity contribution in [1.29, 1.82) is 0 Å². The van der Waals surface area contributed by atoms with Crippen LogP contribution in [0.1, 0.15) is 0 Å². The Hall–Kier alpha value is -3.58. The molecule has 0 aliphatic carbocycles. The number of pyridine rings is 1. The van der Waals surface area contributed by atoms with Gasteiger partial charge in [-0.25, -0.2) is 4.98 Å². The molecule has 1 aliphatic rings. The third-order valence-corrected chi connectivity index (χ3v) is 4.90. The molecule has 0 spiro atoms. The first kappa shape index (κ1) is 19.7. The summed E-state index contributed by atoms with van der Waals surface area (Å²) in [5.41, 5.74) is 2.30. The molecule has 1 aromatic heterocycles. The Kier molecular flexibility index (Phi) is 6.41. The summed E-state index contributed by atoms with van der Waals surface area (Å²) in [4.78, 5) is 21.2. The number of amides is 1. The van der Waals surface area contributed by atoms with Gasteiger partial charge in [0.15, 0.2) is 0 Å². The second-order valence-corrected chi connectivity index (χ2v) is 7.08. The van der Waals surface area contributed by atoms with Crippen molar-refractivity contribution in [2.24, 2.45) is 10.2 Å². The number of aromatic nitrogens is 1. The van der Waals surface area contributed by atoms with E-state index in [4.69, 9.17) is 0 Å². The molecule has 4 rings (SSSR count). The van der Waals surface area contributed by atoms with Gasteiger partial charge < -0.3 is 10.2 Å². The van der Waals surface area contributed by atoms with Crippen LogP contribution < -0.4 is 10.2 Å². The lowest BCUT2D eigenvalue weighted by Crippen LogP contribution is -2.48. The summed E-state index contributed by atoms with van der Waals surface area (Å²) in [6.45, 7) is 3.79. The second-order valence-electron chi connectivity index (χ2n) is 7.08. The van der Waals surface area contributed by atoms with Gasteiger partial charge in [-0.05, 0) is 48.5 Å². The Balaban J connectivity index is 1.24. The van der Waals surface area contributed by atoms with Crippen LogP contribution in [0, 0.1) is 0 Å². The van der Waals surface area contributed by atoms with Crippen LogP contribution >= 0.6 is 0 Å². The maximum absolute atomic E-state index is 12.4. The zero-order valence-electron chi connectivity index (χ0n) is 16.7. The first-order valence-electron chi connectivity index (χ1n) is 10.0. The van der Waals surface area contributed by atoms with Crippen molar-refractivity contribution in [1.82, 2.24) is 9.88 Å². The Morgan fingerprint density at radius 3 is 2.17 bits per heavy atom. The monoisotopic (exact) mass is 400 g/mol. The fourth-order valence-electron chi connectivity index (χ4n) is 3.30. The highest BCUT2D eigenvalue weighted by atomic mass is 16.2. The fraction of sp³-hybridized carbons (Fsp3) is 0.217. The zero-order chi connectivity index (χ0) is 20.6. The van der Waals surface area contributed by atoms with Crippen LogP contribution in [0.2, 0.25) is 0 Å². The molecule has 7 heteroatoms. The summed E-state index contributed by atoms with van der Waals surface area (Å²) in [7, 11) is 0. The molecule has 1 N–H and O–H groups in total. The molecule has 30 heavy (non-hydrogen) atoms. The summed E-state index contributed by atoms with van der Waals surface area (Å²) in [6.07, 6.45) is 1.81. The topological polar surface area (TPSA) is 73.2 Å². The summed E-state index contributed by atoms with van der Waals surface area (Å²) in [6, 6.07) is 22.9. The summed E-state index contributed by atoms with van der Waals surface area (Å²) < 4.78 is 0. The molecule has 2 aromatic carbocycles. The quantitative estimate of drug-likeness (QED) is 0.628. The van der Waals surface area contributed by atoms with Crippen LogP contribution in [-0.4, -0.2) is 48.5 Å². The summed E-state index contributed by atoms with van der Waals surface area (Å²) in [5, 5.41) is 11.4. The number of hydrogen-bond donors (Lipinski definition) is 1. The Bertz CT molecular complexity index is 968. The molecular formula is C23H24N6O. The number of nitrogens with zero attached hydrogens (tertiary/aromatic N) is 5. The van der Waals surface area contributed by atoms with Gasteiger partial charge in [-0.15, -0.1) is 0 Å². The van der Waals surface area contributed by atoms with Crippen LogP contribution in [0.3, 0.4) is 0 Å². The number of carbonyl (C=O) groups excluding carboxylic acids is 1. The highest BCUT2D eigenvalue weighted by molar-refractivity contribution is 5.92. The molecule has 2 heterocycles. The predicted molar refractivity (Wildman–Crippen MR) is 119 cm³/mol. The third kappa shape index (κ3) is 5.48. The van der Waals surface area contributed by atoms with E-state index in [2.05, 4.69) is 30.3 Å². The van der Waals surface area contributed by atoms with Gasteiger partial charge in [0.05, 0.1) is 17.9 Å². The van der Waals surface area contributed by atoms with Gasteiger partial charge in [0.1, 0.15) is 5.82 Å². The van der Waals surface area contributed by atoms with E-state index in [1.165, 1.54) is 0 Å². The standard InChI is InChI=1S/C23H24N6O/c30-23(18-28-14-16-29(17-15-28)22-8-4-5-13-24-22)25-19-9-11-21(12-10-19)27-26-20-6-2-1-3-7-20/h1-13H,14-18H2,(H,25,30). The van der Waals surface area contributed by atoms with Gasteiger partial charge >= 0.3 is 0 Å². The Labute approximate surface area is 176 Å². The van der Waals surface area contributed by atoms with Crippen molar-refractivity contribution in [2.75, 3.05) is 42.9 Å². The Morgan fingerprint density at radius 2 is 1.50 bits per heavy atom. The molecular weight excluding hydrogens is 376 g/mol. The van der Waals surface area contributed by atoms with E-state index in [-0.39, 0.29) is 5.91 Å². The largest absolute Gasteiger partial charge is 0.354 e. The van der Waals surface area contributed by atoms with Gasteiger partial charge in [0, 0.05) is 38.1 Å². The lowest BCUT2D eigenvalue weighted by molar-refractivity contribution is -0.117. The summed E-state index contributed by atoms with van der Waals surface area (Å²) >= 11 is 0.